The van der Waals surface area contributed by atoms with E-state index in [2.05, 4.69) is 15.4 Å². The van der Waals surface area contributed by atoms with E-state index in [1.54, 1.807) is 20.8 Å². The number of hydrogen-bond acceptors (Lipinski definition) is 5. The Labute approximate surface area is 161 Å². The number of aromatic nitrogens is 2. The van der Waals surface area contributed by atoms with Crippen molar-refractivity contribution in [2.75, 3.05) is 10.4 Å². The van der Waals surface area contributed by atoms with E-state index in [1.165, 1.54) is 0 Å². The third-order valence-corrected chi connectivity index (χ3v) is 3.17. The monoisotopic (exact) mass is 422 g/mol. The lowest BCUT2D eigenvalue weighted by Crippen LogP contribution is -2.40. The van der Waals surface area contributed by atoms with Gasteiger partial charge in [0, 0.05) is 0 Å². The number of carbonyl (C=O) groups excluding carboxylic acids is 1. The molecule has 2 aromatic rings. The van der Waals surface area contributed by atoms with Gasteiger partial charge < -0.3 is 4.74 Å². The molecular weight excluding hydrogens is 406 g/mol. The summed E-state index contributed by atoms with van der Waals surface area (Å²) >= 11 is 0. The van der Waals surface area contributed by atoms with Crippen LogP contribution in [0.25, 0.3) is 0 Å². The maximum Gasteiger partial charge on any atom is 0.434 e. The van der Waals surface area contributed by atoms with Crippen LogP contribution < -0.4 is 10.4 Å². The van der Waals surface area contributed by atoms with Gasteiger partial charge in [-0.1, -0.05) is 0 Å². The zero-order chi connectivity index (χ0) is 22.0. The minimum Gasteiger partial charge on any atom is -0.442 e. The molecule has 2 aromatic heterocycles. The van der Waals surface area contributed by atoms with Crippen molar-refractivity contribution in [2.24, 2.45) is 0 Å². The van der Waals surface area contributed by atoms with E-state index >= 15 is 0 Å². The second-order valence-corrected chi connectivity index (χ2v) is 6.76. The van der Waals surface area contributed by atoms with Crippen molar-refractivity contribution in [3.8, 4) is 0 Å². The summed E-state index contributed by atoms with van der Waals surface area (Å²) in [6.45, 7) is 4.69. The van der Waals surface area contributed by atoms with E-state index in [4.69, 9.17) is 4.74 Å². The fourth-order valence-corrected chi connectivity index (χ4v) is 1.97. The van der Waals surface area contributed by atoms with E-state index in [-0.39, 0.29) is 11.4 Å². The second-order valence-electron chi connectivity index (χ2n) is 6.76. The lowest BCUT2D eigenvalue weighted by Gasteiger charge is -2.28. The van der Waals surface area contributed by atoms with E-state index in [1.807, 2.05) is 0 Å². The van der Waals surface area contributed by atoms with Crippen LogP contribution in [0, 0.1) is 0 Å². The van der Waals surface area contributed by atoms with Gasteiger partial charge in [0.05, 0.1) is 23.8 Å². The number of ether oxygens (including phenoxy) is 1. The van der Waals surface area contributed by atoms with Crippen LogP contribution >= 0.6 is 0 Å². The number of anilines is 2. The summed E-state index contributed by atoms with van der Waals surface area (Å²) in [7, 11) is 0. The summed E-state index contributed by atoms with van der Waals surface area (Å²) in [5.41, 5.74) is -0.987. The van der Waals surface area contributed by atoms with Crippen molar-refractivity contribution in [3.63, 3.8) is 0 Å². The Morgan fingerprint density at radius 1 is 0.897 bits per heavy atom. The molecule has 0 unspecified atom stereocenters. The summed E-state index contributed by atoms with van der Waals surface area (Å²) in [6, 6.07) is 3.30. The first-order chi connectivity index (χ1) is 13.2. The van der Waals surface area contributed by atoms with Crippen LogP contribution in [0.2, 0.25) is 0 Å². The molecule has 0 spiro atoms. The number of hydrazine groups is 1. The Bertz CT molecular complexity index is 843. The van der Waals surface area contributed by atoms with Gasteiger partial charge in [-0.25, -0.2) is 14.8 Å². The quantitative estimate of drug-likeness (QED) is 0.538. The summed E-state index contributed by atoms with van der Waals surface area (Å²) in [4.78, 5) is 19.0. The average molecular weight is 422 g/mol. The smallest absolute Gasteiger partial charge is 0.434 e. The molecule has 0 aliphatic rings. The third-order valence-electron chi connectivity index (χ3n) is 3.17. The molecule has 2 rings (SSSR count). The fraction of sp³-hybridized carbons (Fsp3) is 0.353. The largest absolute Gasteiger partial charge is 0.442 e. The molecule has 0 aliphatic heterocycles. The highest BCUT2D eigenvalue weighted by atomic mass is 19.4. The molecule has 158 valence electrons. The van der Waals surface area contributed by atoms with Crippen LogP contribution in [0.15, 0.2) is 36.7 Å². The zero-order valence-electron chi connectivity index (χ0n) is 15.4. The summed E-state index contributed by atoms with van der Waals surface area (Å²) in [5, 5.41) is 0.711. The van der Waals surface area contributed by atoms with Gasteiger partial charge in [0.25, 0.3) is 0 Å². The van der Waals surface area contributed by atoms with E-state index in [0.29, 0.717) is 17.1 Å². The van der Waals surface area contributed by atoms with Crippen LogP contribution in [0.4, 0.5) is 42.5 Å². The zero-order valence-corrected chi connectivity index (χ0v) is 15.4. The predicted molar refractivity (Wildman–Crippen MR) is 90.8 cm³/mol. The van der Waals surface area contributed by atoms with E-state index in [0.717, 1.165) is 24.5 Å². The summed E-state index contributed by atoms with van der Waals surface area (Å²) in [5.74, 6) is 0. The first-order valence-corrected chi connectivity index (χ1v) is 8.03. The SMILES string of the molecule is CC(C)(C)OC(=O)N(Nc1ccc(C(F)(F)F)nc1)c1ccc(C(F)(F)F)nc1. The molecule has 6 nitrogen and oxygen atoms in total. The van der Waals surface area contributed by atoms with E-state index < -0.39 is 35.4 Å². The maximum absolute atomic E-state index is 12.7. The highest BCUT2D eigenvalue weighted by molar-refractivity contribution is 5.90. The Hall–Kier alpha value is -3.05. The molecule has 0 saturated heterocycles. The molecule has 1 amide bonds. The number of amides is 1. The van der Waals surface area contributed by atoms with Crippen molar-refractivity contribution < 1.29 is 35.9 Å². The molecule has 0 aromatic carbocycles. The topological polar surface area (TPSA) is 67.3 Å². The Morgan fingerprint density at radius 3 is 1.79 bits per heavy atom. The van der Waals surface area contributed by atoms with Gasteiger partial charge in [0.1, 0.15) is 17.0 Å². The average Bonchev–Trinajstić information content (AvgIpc) is 2.57. The van der Waals surface area contributed by atoms with Crippen molar-refractivity contribution in [3.05, 3.63) is 48.0 Å². The van der Waals surface area contributed by atoms with Gasteiger partial charge >= 0.3 is 18.4 Å². The molecule has 0 radical (unpaired) electrons. The fourth-order valence-electron chi connectivity index (χ4n) is 1.97. The number of alkyl halides is 6. The Balaban J connectivity index is 2.34. The number of carbonyl (C=O) groups is 1. The van der Waals surface area contributed by atoms with Crippen molar-refractivity contribution in [1.29, 1.82) is 0 Å². The second kappa shape index (κ2) is 7.76. The van der Waals surface area contributed by atoms with Gasteiger partial charge in [-0.05, 0) is 45.0 Å². The Kier molecular flexibility index (Phi) is 5.95. The Morgan fingerprint density at radius 2 is 1.41 bits per heavy atom. The molecule has 0 fully saturated rings. The number of nitrogens with one attached hydrogen (secondary N) is 1. The van der Waals surface area contributed by atoms with Gasteiger partial charge in [0.2, 0.25) is 0 Å². The van der Waals surface area contributed by atoms with Gasteiger partial charge in [-0.15, -0.1) is 0 Å². The number of rotatable bonds is 3. The number of nitrogens with zero attached hydrogens (tertiary/aromatic N) is 3. The van der Waals surface area contributed by atoms with Crippen molar-refractivity contribution >= 4 is 17.5 Å². The van der Waals surface area contributed by atoms with E-state index in [9.17, 15) is 31.1 Å². The standard InChI is InChI=1S/C17H16F6N4O2/c1-15(2,3)29-14(28)27(11-5-7-13(25-9-11)17(21,22)23)26-10-4-6-12(24-8-10)16(18,19)20/h4-9,26H,1-3H3. The minimum atomic E-state index is -4.68. The van der Waals surface area contributed by atoms with Gasteiger partial charge in [0.15, 0.2) is 0 Å². The molecule has 0 saturated carbocycles. The number of halogens is 6. The minimum absolute atomic E-state index is 0.0382. The molecule has 12 heteroatoms. The highest BCUT2D eigenvalue weighted by Gasteiger charge is 2.34. The van der Waals surface area contributed by atoms with Crippen LogP contribution in [-0.4, -0.2) is 21.7 Å². The lowest BCUT2D eigenvalue weighted by atomic mass is 10.2. The van der Waals surface area contributed by atoms with Gasteiger partial charge in [-0.2, -0.15) is 31.4 Å². The maximum atomic E-state index is 12.7. The number of hydrogen-bond donors (Lipinski definition) is 1. The predicted octanol–water partition coefficient (Wildman–Crippen LogP) is 5.28. The highest BCUT2D eigenvalue weighted by Crippen LogP contribution is 2.30. The van der Waals surface area contributed by atoms with Crippen LogP contribution in [0.3, 0.4) is 0 Å². The van der Waals surface area contributed by atoms with Gasteiger partial charge in [-0.3, -0.25) is 5.43 Å². The molecular formula is C17H16F6N4O2. The molecule has 0 aliphatic carbocycles. The molecule has 0 bridgehead atoms. The first-order valence-electron chi connectivity index (χ1n) is 8.03. The third kappa shape index (κ3) is 6.22. The molecule has 29 heavy (non-hydrogen) atoms. The normalized spacial score (nSPS) is 12.4. The summed E-state index contributed by atoms with van der Waals surface area (Å²) < 4.78 is 81.2. The first kappa shape index (κ1) is 22.2. The van der Waals surface area contributed by atoms with Crippen LogP contribution in [-0.2, 0) is 17.1 Å². The molecule has 0 atom stereocenters. The van der Waals surface area contributed by atoms with Crippen LogP contribution in [0.5, 0.6) is 0 Å². The van der Waals surface area contributed by atoms with Crippen LogP contribution in [0.1, 0.15) is 32.2 Å². The molecule has 2 heterocycles. The lowest BCUT2D eigenvalue weighted by molar-refractivity contribution is -0.141. The molecule has 1 N–H and O–H groups in total. The van der Waals surface area contributed by atoms with Crippen molar-refractivity contribution in [2.45, 2.75) is 38.7 Å². The number of pyridine rings is 2. The van der Waals surface area contributed by atoms with Crippen molar-refractivity contribution in [1.82, 2.24) is 9.97 Å². The summed E-state index contributed by atoms with van der Waals surface area (Å²) in [6.07, 6.45) is -8.76.